The Labute approximate surface area is 152 Å². The zero-order valence-corrected chi connectivity index (χ0v) is 15.4. The van der Waals surface area contributed by atoms with Crippen LogP contribution >= 0.6 is 11.6 Å². The van der Waals surface area contributed by atoms with E-state index in [0.29, 0.717) is 24.4 Å². The predicted octanol–water partition coefficient (Wildman–Crippen LogP) is 1.62. The van der Waals surface area contributed by atoms with Gasteiger partial charge in [-0.3, -0.25) is 14.5 Å². The quantitative estimate of drug-likeness (QED) is 0.648. The standard InChI is InChI=1S/C17H23ClN4O3/c1-12(22(2)11-16(23)20-7-4-8-25-3)17(24)21-14-6-5-13(10-19)15(18)9-14/h5-6,9,12H,4,7-8,11H2,1-3H3,(H,20,23)(H,21,24). The number of rotatable bonds is 9. The summed E-state index contributed by atoms with van der Waals surface area (Å²) in [6.07, 6.45) is 0.738. The highest BCUT2D eigenvalue weighted by Crippen LogP contribution is 2.20. The van der Waals surface area contributed by atoms with E-state index >= 15 is 0 Å². The molecular formula is C17H23ClN4O3. The molecule has 0 aliphatic rings. The molecule has 0 fully saturated rings. The Morgan fingerprint density at radius 2 is 2.16 bits per heavy atom. The van der Waals surface area contributed by atoms with Gasteiger partial charge in [-0.05, 0) is 38.6 Å². The molecule has 136 valence electrons. The van der Waals surface area contributed by atoms with Gasteiger partial charge in [0.15, 0.2) is 0 Å². The summed E-state index contributed by atoms with van der Waals surface area (Å²) < 4.78 is 4.91. The Morgan fingerprint density at radius 1 is 1.44 bits per heavy atom. The second kappa shape index (κ2) is 10.7. The van der Waals surface area contributed by atoms with Gasteiger partial charge in [0.2, 0.25) is 11.8 Å². The molecule has 1 unspecified atom stereocenters. The smallest absolute Gasteiger partial charge is 0.241 e. The van der Waals surface area contributed by atoms with Crippen LogP contribution < -0.4 is 10.6 Å². The number of ether oxygens (including phenoxy) is 1. The van der Waals surface area contributed by atoms with Crippen LogP contribution in [0.15, 0.2) is 18.2 Å². The number of nitrogens with one attached hydrogen (secondary N) is 2. The average Bonchev–Trinajstić information content (AvgIpc) is 2.58. The number of hydrogen-bond acceptors (Lipinski definition) is 5. The molecule has 0 aliphatic heterocycles. The van der Waals surface area contributed by atoms with Crippen molar-refractivity contribution in [1.82, 2.24) is 10.2 Å². The number of nitriles is 1. The minimum Gasteiger partial charge on any atom is -0.385 e. The summed E-state index contributed by atoms with van der Waals surface area (Å²) in [5.41, 5.74) is 0.841. The van der Waals surface area contributed by atoms with Gasteiger partial charge in [-0.15, -0.1) is 0 Å². The summed E-state index contributed by atoms with van der Waals surface area (Å²) in [6, 6.07) is 6.11. The first kappa shape index (κ1) is 20.9. The minimum atomic E-state index is -0.515. The number of carbonyl (C=O) groups is 2. The maximum Gasteiger partial charge on any atom is 0.241 e. The van der Waals surface area contributed by atoms with E-state index in [2.05, 4.69) is 10.6 Å². The Hall–Kier alpha value is -2.14. The molecule has 25 heavy (non-hydrogen) atoms. The van der Waals surface area contributed by atoms with Gasteiger partial charge in [-0.25, -0.2) is 0 Å². The van der Waals surface area contributed by atoms with Crippen molar-refractivity contribution in [2.45, 2.75) is 19.4 Å². The zero-order valence-electron chi connectivity index (χ0n) is 14.6. The van der Waals surface area contributed by atoms with Crippen molar-refractivity contribution in [3.05, 3.63) is 28.8 Å². The number of amides is 2. The average molecular weight is 367 g/mol. The van der Waals surface area contributed by atoms with Crippen LogP contribution in [-0.4, -0.2) is 56.6 Å². The van der Waals surface area contributed by atoms with Crippen LogP contribution in [0.2, 0.25) is 5.02 Å². The fraction of sp³-hybridized carbons (Fsp3) is 0.471. The maximum absolute atomic E-state index is 12.3. The van der Waals surface area contributed by atoms with Gasteiger partial charge in [-0.2, -0.15) is 5.26 Å². The number of hydrogen-bond donors (Lipinski definition) is 2. The Kier molecular flexibility index (Phi) is 8.92. The van der Waals surface area contributed by atoms with Gasteiger partial charge in [0.1, 0.15) is 6.07 Å². The number of likely N-dealkylation sites (N-methyl/N-ethyl adjacent to an activating group) is 1. The van der Waals surface area contributed by atoms with Crippen LogP contribution in [0.3, 0.4) is 0 Å². The Bertz CT molecular complexity index is 645. The van der Waals surface area contributed by atoms with E-state index < -0.39 is 6.04 Å². The van der Waals surface area contributed by atoms with Crippen molar-refractivity contribution >= 4 is 29.1 Å². The minimum absolute atomic E-state index is 0.107. The van der Waals surface area contributed by atoms with E-state index in [-0.39, 0.29) is 23.4 Å². The normalized spacial score (nSPS) is 11.7. The molecule has 0 radical (unpaired) electrons. The van der Waals surface area contributed by atoms with E-state index in [0.717, 1.165) is 6.42 Å². The number of carbonyl (C=O) groups excluding carboxylic acids is 2. The van der Waals surface area contributed by atoms with Crippen molar-refractivity contribution < 1.29 is 14.3 Å². The monoisotopic (exact) mass is 366 g/mol. The van der Waals surface area contributed by atoms with Gasteiger partial charge in [-0.1, -0.05) is 11.6 Å². The van der Waals surface area contributed by atoms with Gasteiger partial charge < -0.3 is 15.4 Å². The summed E-state index contributed by atoms with van der Waals surface area (Å²) in [6.45, 7) is 2.93. The maximum atomic E-state index is 12.3. The third-order valence-corrected chi connectivity index (χ3v) is 3.95. The lowest BCUT2D eigenvalue weighted by Gasteiger charge is -2.23. The molecule has 2 amide bonds. The van der Waals surface area contributed by atoms with E-state index in [1.807, 2.05) is 6.07 Å². The van der Waals surface area contributed by atoms with Gasteiger partial charge >= 0.3 is 0 Å². The third kappa shape index (κ3) is 7.10. The molecule has 0 saturated carbocycles. The second-order valence-electron chi connectivity index (χ2n) is 5.58. The summed E-state index contributed by atoms with van der Waals surface area (Å²) in [5, 5.41) is 14.6. The van der Waals surface area contributed by atoms with E-state index in [1.54, 1.807) is 38.1 Å². The second-order valence-corrected chi connectivity index (χ2v) is 5.99. The number of anilines is 1. The van der Waals surface area contributed by atoms with Crippen molar-refractivity contribution in [3.63, 3.8) is 0 Å². The number of halogens is 1. The van der Waals surface area contributed by atoms with Crippen molar-refractivity contribution in [2.24, 2.45) is 0 Å². The first-order valence-corrected chi connectivity index (χ1v) is 8.23. The van der Waals surface area contributed by atoms with Crippen LogP contribution in [0.25, 0.3) is 0 Å². The summed E-state index contributed by atoms with van der Waals surface area (Å²) in [5.74, 6) is -0.421. The van der Waals surface area contributed by atoms with E-state index in [1.165, 1.54) is 6.07 Å². The molecule has 0 heterocycles. The number of methoxy groups -OCH3 is 1. The van der Waals surface area contributed by atoms with Crippen LogP contribution in [-0.2, 0) is 14.3 Å². The highest BCUT2D eigenvalue weighted by atomic mass is 35.5. The zero-order chi connectivity index (χ0) is 18.8. The number of benzene rings is 1. The molecular weight excluding hydrogens is 344 g/mol. The molecule has 0 bridgehead atoms. The molecule has 8 heteroatoms. The molecule has 0 aliphatic carbocycles. The summed E-state index contributed by atoms with van der Waals surface area (Å²) >= 11 is 5.95. The fourth-order valence-electron chi connectivity index (χ4n) is 1.99. The SMILES string of the molecule is COCCCNC(=O)CN(C)C(C)C(=O)Nc1ccc(C#N)c(Cl)c1. The predicted molar refractivity (Wildman–Crippen MR) is 96.4 cm³/mol. The van der Waals surface area contributed by atoms with Gasteiger partial charge in [0, 0.05) is 25.9 Å². The Morgan fingerprint density at radius 3 is 2.76 bits per heavy atom. The van der Waals surface area contributed by atoms with Crippen LogP contribution in [0.5, 0.6) is 0 Å². The molecule has 7 nitrogen and oxygen atoms in total. The lowest BCUT2D eigenvalue weighted by atomic mass is 10.2. The highest BCUT2D eigenvalue weighted by molar-refractivity contribution is 6.32. The summed E-state index contributed by atoms with van der Waals surface area (Å²) in [4.78, 5) is 25.8. The molecule has 0 spiro atoms. The lowest BCUT2D eigenvalue weighted by molar-refractivity contribution is -0.124. The van der Waals surface area contributed by atoms with E-state index in [9.17, 15) is 9.59 Å². The molecule has 0 aromatic heterocycles. The van der Waals surface area contributed by atoms with Gasteiger partial charge in [0.05, 0.1) is 23.2 Å². The fourth-order valence-corrected chi connectivity index (χ4v) is 2.22. The van der Waals surface area contributed by atoms with Crippen LogP contribution in [0, 0.1) is 11.3 Å². The molecule has 1 aromatic carbocycles. The highest BCUT2D eigenvalue weighted by Gasteiger charge is 2.20. The largest absolute Gasteiger partial charge is 0.385 e. The van der Waals surface area contributed by atoms with Crippen molar-refractivity contribution in [3.8, 4) is 6.07 Å². The van der Waals surface area contributed by atoms with Crippen molar-refractivity contribution in [1.29, 1.82) is 5.26 Å². The van der Waals surface area contributed by atoms with Gasteiger partial charge in [0.25, 0.3) is 0 Å². The first-order valence-electron chi connectivity index (χ1n) is 7.85. The summed E-state index contributed by atoms with van der Waals surface area (Å²) in [7, 11) is 3.31. The third-order valence-electron chi connectivity index (χ3n) is 3.64. The van der Waals surface area contributed by atoms with Crippen molar-refractivity contribution in [2.75, 3.05) is 39.2 Å². The first-order chi connectivity index (χ1) is 11.9. The number of nitrogens with zero attached hydrogens (tertiary/aromatic N) is 2. The van der Waals surface area contributed by atoms with Crippen LogP contribution in [0.1, 0.15) is 18.9 Å². The molecule has 2 N–H and O–H groups in total. The Balaban J connectivity index is 2.50. The lowest BCUT2D eigenvalue weighted by Crippen LogP contribution is -2.45. The molecule has 1 aromatic rings. The van der Waals surface area contributed by atoms with Crippen LogP contribution in [0.4, 0.5) is 5.69 Å². The molecule has 1 atom stereocenters. The molecule has 1 rings (SSSR count). The molecule has 0 saturated heterocycles. The topological polar surface area (TPSA) is 94.5 Å². The van der Waals surface area contributed by atoms with E-state index in [4.69, 9.17) is 21.6 Å².